The minimum absolute atomic E-state index is 0.0576. The zero-order valence-electron chi connectivity index (χ0n) is 15.3. The molecule has 134 valence electrons. The fourth-order valence-corrected chi connectivity index (χ4v) is 3.20. The Morgan fingerprint density at radius 2 is 2.00 bits per heavy atom. The maximum absolute atomic E-state index is 12.8. The fourth-order valence-electron chi connectivity index (χ4n) is 3.20. The molecule has 1 fully saturated rings. The fraction of sp³-hybridized carbons (Fsp3) is 0.500. The Morgan fingerprint density at radius 1 is 1.24 bits per heavy atom. The molecular formula is C20H27N3O2. The largest absolute Gasteiger partial charge is 0.366 e. The summed E-state index contributed by atoms with van der Waals surface area (Å²) in [5.74, 6) is 0.542. The molecule has 1 aliphatic rings. The number of hydrogen-bond acceptors (Lipinski definition) is 3. The van der Waals surface area contributed by atoms with Gasteiger partial charge in [-0.3, -0.25) is 9.48 Å². The molecule has 2 heterocycles. The standard InChI is InChI=1S/C20H27N3O2/c1-15(2)18-13-22(14-19(25-18)17-7-5-4-6-8-17)20(24)10-12-23-16(3)9-11-21-23/h4-9,11,15,18-19H,10,12-14H2,1-3H3/t18-,19+/m1/s1. The molecule has 0 unspecified atom stereocenters. The molecule has 0 radical (unpaired) electrons. The van der Waals surface area contributed by atoms with E-state index < -0.39 is 0 Å². The molecule has 1 saturated heterocycles. The van der Waals surface area contributed by atoms with Crippen molar-refractivity contribution < 1.29 is 9.53 Å². The predicted octanol–water partition coefficient (Wildman–Crippen LogP) is 3.21. The number of rotatable bonds is 5. The van der Waals surface area contributed by atoms with Crippen LogP contribution in [0, 0.1) is 12.8 Å². The van der Waals surface area contributed by atoms with Gasteiger partial charge in [-0.25, -0.2) is 0 Å². The average Bonchev–Trinajstić information content (AvgIpc) is 3.05. The highest BCUT2D eigenvalue weighted by Gasteiger charge is 2.32. The van der Waals surface area contributed by atoms with Crippen molar-refractivity contribution in [2.45, 2.75) is 45.9 Å². The first-order valence-corrected chi connectivity index (χ1v) is 9.01. The summed E-state index contributed by atoms with van der Waals surface area (Å²) in [5.41, 5.74) is 2.21. The molecule has 5 heteroatoms. The normalized spacial score (nSPS) is 20.9. The van der Waals surface area contributed by atoms with E-state index in [1.807, 2.05) is 40.8 Å². The van der Waals surface area contributed by atoms with Crippen LogP contribution >= 0.6 is 0 Å². The number of carbonyl (C=O) groups is 1. The Balaban J connectivity index is 1.68. The van der Waals surface area contributed by atoms with Crippen LogP contribution in [0.15, 0.2) is 42.6 Å². The molecule has 3 rings (SSSR count). The molecule has 0 N–H and O–H groups in total. The molecule has 1 aliphatic heterocycles. The first kappa shape index (κ1) is 17.7. The van der Waals surface area contributed by atoms with Crippen LogP contribution in [0.2, 0.25) is 0 Å². The van der Waals surface area contributed by atoms with E-state index in [1.54, 1.807) is 6.20 Å². The number of carbonyl (C=O) groups excluding carboxylic acids is 1. The van der Waals surface area contributed by atoms with Crippen molar-refractivity contribution in [1.29, 1.82) is 0 Å². The van der Waals surface area contributed by atoms with Gasteiger partial charge < -0.3 is 9.64 Å². The maximum atomic E-state index is 12.8. The highest BCUT2D eigenvalue weighted by molar-refractivity contribution is 5.76. The van der Waals surface area contributed by atoms with Crippen LogP contribution in [0.25, 0.3) is 0 Å². The molecule has 1 aromatic heterocycles. The van der Waals surface area contributed by atoms with Crippen molar-refractivity contribution in [3.8, 4) is 0 Å². The lowest BCUT2D eigenvalue weighted by molar-refractivity contribution is -0.150. The number of ether oxygens (including phenoxy) is 1. The summed E-state index contributed by atoms with van der Waals surface area (Å²) in [6.45, 7) is 8.20. The topological polar surface area (TPSA) is 47.4 Å². The van der Waals surface area contributed by atoms with Crippen LogP contribution in [0.3, 0.4) is 0 Å². The van der Waals surface area contributed by atoms with Gasteiger partial charge in [0.1, 0.15) is 6.10 Å². The molecule has 0 bridgehead atoms. The summed E-state index contributed by atoms with van der Waals surface area (Å²) in [6.07, 6.45) is 2.25. The Labute approximate surface area is 149 Å². The van der Waals surface area contributed by atoms with E-state index in [0.29, 0.717) is 32.0 Å². The second-order valence-corrected chi connectivity index (χ2v) is 7.06. The zero-order valence-corrected chi connectivity index (χ0v) is 15.3. The number of aromatic nitrogens is 2. The van der Waals surface area contributed by atoms with Gasteiger partial charge in [-0.2, -0.15) is 5.10 Å². The van der Waals surface area contributed by atoms with Gasteiger partial charge in [0.05, 0.1) is 12.6 Å². The summed E-state index contributed by atoms with van der Waals surface area (Å²) >= 11 is 0. The van der Waals surface area contributed by atoms with Gasteiger partial charge in [-0.15, -0.1) is 0 Å². The number of hydrogen-bond donors (Lipinski definition) is 0. The van der Waals surface area contributed by atoms with E-state index in [1.165, 1.54) is 0 Å². The van der Waals surface area contributed by atoms with Crippen LogP contribution < -0.4 is 0 Å². The van der Waals surface area contributed by atoms with Crippen LogP contribution in [0.4, 0.5) is 0 Å². The monoisotopic (exact) mass is 341 g/mol. The highest BCUT2D eigenvalue weighted by Crippen LogP contribution is 2.28. The molecule has 1 amide bonds. The number of morpholine rings is 1. The Kier molecular flexibility index (Phi) is 5.53. The van der Waals surface area contributed by atoms with Gasteiger partial charge in [0.15, 0.2) is 0 Å². The molecule has 5 nitrogen and oxygen atoms in total. The van der Waals surface area contributed by atoms with Crippen LogP contribution in [-0.4, -0.2) is 39.8 Å². The van der Waals surface area contributed by atoms with Gasteiger partial charge in [0, 0.05) is 31.4 Å². The van der Waals surface area contributed by atoms with Gasteiger partial charge in [-0.05, 0) is 24.5 Å². The van der Waals surface area contributed by atoms with E-state index in [4.69, 9.17) is 4.74 Å². The summed E-state index contributed by atoms with van der Waals surface area (Å²) in [7, 11) is 0. The lowest BCUT2D eigenvalue weighted by Gasteiger charge is -2.40. The number of aryl methyl sites for hydroxylation is 2. The molecule has 2 atom stereocenters. The van der Waals surface area contributed by atoms with E-state index in [2.05, 4.69) is 31.1 Å². The van der Waals surface area contributed by atoms with E-state index in [-0.39, 0.29) is 18.1 Å². The molecule has 0 aliphatic carbocycles. The number of amides is 1. The van der Waals surface area contributed by atoms with Gasteiger partial charge in [0.25, 0.3) is 0 Å². The maximum Gasteiger partial charge on any atom is 0.224 e. The van der Waals surface area contributed by atoms with Gasteiger partial charge >= 0.3 is 0 Å². The summed E-state index contributed by atoms with van der Waals surface area (Å²) < 4.78 is 8.15. The van der Waals surface area contributed by atoms with E-state index >= 15 is 0 Å². The van der Waals surface area contributed by atoms with Crippen molar-refractivity contribution >= 4 is 5.91 Å². The predicted molar refractivity (Wildman–Crippen MR) is 97.1 cm³/mol. The third kappa shape index (κ3) is 4.28. The second-order valence-electron chi connectivity index (χ2n) is 7.06. The average molecular weight is 341 g/mol. The van der Waals surface area contributed by atoms with Crippen molar-refractivity contribution in [2.24, 2.45) is 5.92 Å². The molecule has 2 aromatic rings. The molecule has 0 saturated carbocycles. The van der Waals surface area contributed by atoms with E-state index in [0.717, 1.165) is 11.3 Å². The summed E-state index contributed by atoms with van der Waals surface area (Å²) in [6, 6.07) is 12.1. The minimum atomic E-state index is -0.0576. The minimum Gasteiger partial charge on any atom is -0.366 e. The van der Waals surface area contributed by atoms with Gasteiger partial charge in [0.2, 0.25) is 5.91 Å². The van der Waals surface area contributed by atoms with Crippen molar-refractivity contribution in [2.75, 3.05) is 13.1 Å². The smallest absolute Gasteiger partial charge is 0.224 e. The zero-order chi connectivity index (χ0) is 17.8. The van der Waals surface area contributed by atoms with Crippen molar-refractivity contribution in [3.63, 3.8) is 0 Å². The van der Waals surface area contributed by atoms with Crippen molar-refractivity contribution in [3.05, 3.63) is 53.9 Å². The Hall–Kier alpha value is -2.14. The summed E-state index contributed by atoms with van der Waals surface area (Å²) in [4.78, 5) is 14.7. The number of nitrogens with zero attached hydrogens (tertiary/aromatic N) is 3. The third-order valence-electron chi connectivity index (χ3n) is 4.86. The second kappa shape index (κ2) is 7.83. The lowest BCUT2D eigenvalue weighted by Crippen LogP contribution is -2.48. The molecular weight excluding hydrogens is 314 g/mol. The molecule has 1 aromatic carbocycles. The van der Waals surface area contributed by atoms with Crippen LogP contribution in [-0.2, 0) is 16.1 Å². The van der Waals surface area contributed by atoms with Gasteiger partial charge in [-0.1, -0.05) is 44.2 Å². The SMILES string of the molecule is Cc1ccnn1CCC(=O)N1C[C@@H](c2ccccc2)O[C@@H](C(C)C)C1. The first-order chi connectivity index (χ1) is 12.0. The molecule has 0 spiro atoms. The van der Waals surface area contributed by atoms with Crippen LogP contribution in [0.1, 0.15) is 37.6 Å². The lowest BCUT2D eigenvalue weighted by atomic mass is 10.0. The summed E-state index contributed by atoms with van der Waals surface area (Å²) in [5, 5.41) is 4.26. The Bertz CT molecular complexity index is 696. The highest BCUT2D eigenvalue weighted by atomic mass is 16.5. The quantitative estimate of drug-likeness (QED) is 0.839. The third-order valence-corrected chi connectivity index (χ3v) is 4.86. The van der Waals surface area contributed by atoms with E-state index in [9.17, 15) is 4.79 Å². The Morgan fingerprint density at radius 3 is 2.64 bits per heavy atom. The van der Waals surface area contributed by atoms with Crippen molar-refractivity contribution in [1.82, 2.24) is 14.7 Å². The molecule has 25 heavy (non-hydrogen) atoms. The van der Waals surface area contributed by atoms with Crippen LogP contribution in [0.5, 0.6) is 0 Å². The first-order valence-electron chi connectivity index (χ1n) is 9.01. The number of benzene rings is 1.